The van der Waals surface area contributed by atoms with Gasteiger partial charge in [-0.3, -0.25) is 0 Å². The number of carbonyl (C=O) groups excluding carboxylic acids is 2. The van der Waals surface area contributed by atoms with Gasteiger partial charge in [-0.2, -0.15) is 0 Å². The number of aromatic hydroxyl groups is 1. The van der Waals surface area contributed by atoms with E-state index in [1.165, 1.54) is 19.2 Å². The third kappa shape index (κ3) is 4.63. The van der Waals surface area contributed by atoms with E-state index in [1.54, 1.807) is 6.92 Å². The Bertz CT molecular complexity index is 959. The lowest BCUT2D eigenvalue weighted by Crippen LogP contribution is -2.45. The van der Waals surface area contributed by atoms with E-state index in [1.807, 2.05) is 30.3 Å². The van der Waals surface area contributed by atoms with E-state index < -0.39 is 18.0 Å². The molecule has 0 radical (unpaired) electrons. The number of allylic oxidation sites excluding steroid dienone is 1. The van der Waals surface area contributed by atoms with Crippen molar-refractivity contribution in [2.45, 2.75) is 19.4 Å². The molecule has 0 spiro atoms. The summed E-state index contributed by atoms with van der Waals surface area (Å²) in [6.45, 7) is 1.82. The first-order valence-corrected chi connectivity index (χ1v) is 9.34. The fourth-order valence-corrected chi connectivity index (χ4v) is 3.33. The van der Waals surface area contributed by atoms with Crippen molar-refractivity contribution >= 4 is 23.6 Å². The normalized spacial score (nSPS) is 16.1. The van der Waals surface area contributed by atoms with Crippen LogP contribution in [0.4, 0.5) is 4.79 Å². The Morgan fingerprint density at radius 2 is 1.97 bits per heavy atom. The molecule has 0 aliphatic carbocycles. The molecule has 3 N–H and O–H groups in total. The number of phenols is 1. The van der Waals surface area contributed by atoms with Crippen LogP contribution in [0.25, 0.3) is 0 Å². The topological polar surface area (TPSA) is 96.9 Å². The Balaban J connectivity index is 1.84. The van der Waals surface area contributed by atoms with Gasteiger partial charge in [-0.15, -0.1) is 0 Å². The zero-order valence-electron chi connectivity index (χ0n) is 16.0. The van der Waals surface area contributed by atoms with Crippen molar-refractivity contribution in [2.24, 2.45) is 0 Å². The average molecular weight is 417 g/mol. The second-order valence-corrected chi connectivity index (χ2v) is 6.90. The number of phenolic OH excluding ortho intramolecular Hbond substituents is 1. The molecule has 0 saturated carbocycles. The van der Waals surface area contributed by atoms with E-state index in [9.17, 15) is 14.7 Å². The van der Waals surface area contributed by atoms with Crippen LogP contribution in [-0.2, 0) is 16.0 Å². The second-order valence-electron chi connectivity index (χ2n) is 6.50. The summed E-state index contributed by atoms with van der Waals surface area (Å²) in [5.41, 5.74) is 2.16. The summed E-state index contributed by atoms with van der Waals surface area (Å²) in [6, 6.07) is 11.4. The summed E-state index contributed by atoms with van der Waals surface area (Å²) in [4.78, 5) is 24.8. The van der Waals surface area contributed by atoms with Crippen LogP contribution in [0.5, 0.6) is 11.5 Å². The molecule has 0 aromatic heterocycles. The van der Waals surface area contributed by atoms with E-state index in [0.717, 1.165) is 5.56 Å². The highest BCUT2D eigenvalue weighted by Gasteiger charge is 2.33. The van der Waals surface area contributed by atoms with Gasteiger partial charge in [-0.05, 0) is 30.2 Å². The Hall–Kier alpha value is -3.19. The lowest BCUT2D eigenvalue weighted by molar-refractivity contribution is -0.139. The van der Waals surface area contributed by atoms with Crippen LogP contribution in [0.3, 0.4) is 0 Å². The summed E-state index contributed by atoms with van der Waals surface area (Å²) < 4.78 is 10.6. The Morgan fingerprint density at radius 1 is 1.24 bits per heavy atom. The number of carbonyl (C=O) groups is 2. The SMILES string of the molecule is COc1cc([C@H]2NC(=O)NC(C)=C2C(=O)OCCc2ccccc2)cc(Cl)c1O. The Kier molecular flexibility index (Phi) is 6.29. The minimum atomic E-state index is -0.806. The van der Waals surface area contributed by atoms with E-state index in [4.69, 9.17) is 21.1 Å². The first kappa shape index (κ1) is 20.5. The van der Waals surface area contributed by atoms with Crippen LogP contribution >= 0.6 is 11.6 Å². The van der Waals surface area contributed by atoms with Gasteiger partial charge in [0, 0.05) is 12.1 Å². The molecule has 0 bridgehead atoms. The van der Waals surface area contributed by atoms with Gasteiger partial charge in [0.05, 0.1) is 30.4 Å². The predicted octanol–water partition coefficient (Wildman–Crippen LogP) is 3.47. The third-order valence-electron chi connectivity index (χ3n) is 4.56. The van der Waals surface area contributed by atoms with Gasteiger partial charge < -0.3 is 25.2 Å². The Labute approximate surface area is 173 Å². The minimum absolute atomic E-state index is 0.0431. The number of hydrogen-bond donors (Lipinski definition) is 3. The molecule has 0 saturated heterocycles. The van der Waals surface area contributed by atoms with Crippen molar-refractivity contribution in [3.05, 3.63) is 69.9 Å². The number of benzene rings is 2. The van der Waals surface area contributed by atoms with Crippen LogP contribution in [0.1, 0.15) is 24.1 Å². The number of methoxy groups -OCH3 is 1. The summed E-state index contributed by atoms with van der Waals surface area (Å²) in [5.74, 6) is -0.639. The van der Waals surface area contributed by atoms with Crippen molar-refractivity contribution in [2.75, 3.05) is 13.7 Å². The predicted molar refractivity (Wildman–Crippen MR) is 108 cm³/mol. The fourth-order valence-electron chi connectivity index (χ4n) is 3.11. The standard InChI is InChI=1S/C21H21ClN2O5/c1-12-17(20(26)29-9-8-13-6-4-3-5-7-13)18(24-21(27)23-12)14-10-15(22)19(25)16(11-14)28-2/h3-7,10-11,18,25H,8-9H2,1-2H3,(H2,23,24,27)/t18-/m1/s1. The molecule has 7 nitrogen and oxygen atoms in total. The minimum Gasteiger partial charge on any atom is -0.503 e. The molecule has 0 fully saturated rings. The molecule has 1 aliphatic rings. The van der Waals surface area contributed by atoms with Crippen LogP contribution in [0.2, 0.25) is 5.02 Å². The maximum atomic E-state index is 12.8. The molecule has 8 heteroatoms. The van der Waals surface area contributed by atoms with Crippen LogP contribution in [0.15, 0.2) is 53.7 Å². The maximum absolute atomic E-state index is 12.8. The molecule has 1 aliphatic heterocycles. The number of rotatable bonds is 6. The fraction of sp³-hybridized carbons (Fsp3) is 0.238. The van der Waals surface area contributed by atoms with E-state index >= 15 is 0 Å². The maximum Gasteiger partial charge on any atom is 0.338 e. The molecule has 152 valence electrons. The lowest BCUT2D eigenvalue weighted by atomic mass is 9.95. The van der Waals surface area contributed by atoms with E-state index in [2.05, 4.69) is 10.6 Å². The largest absolute Gasteiger partial charge is 0.503 e. The quantitative estimate of drug-likeness (QED) is 0.626. The monoisotopic (exact) mass is 416 g/mol. The molecule has 3 rings (SSSR count). The summed E-state index contributed by atoms with van der Waals surface area (Å²) in [6.07, 6.45) is 0.572. The van der Waals surface area contributed by atoms with Crippen molar-refractivity contribution in [3.63, 3.8) is 0 Å². The first-order valence-electron chi connectivity index (χ1n) is 8.96. The zero-order valence-corrected chi connectivity index (χ0v) is 16.7. The number of amides is 2. The van der Waals surface area contributed by atoms with Gasteiger partial charge in [0.15, 0.2) is 11.5 Å². The molecular weight excluding hydrogens is 396 g/mol. The lowest BCUT2D eigenvalue weighted by Gasteiger charge is -2.28. The van der Waals surface area contributed by atoms with Gasteiger partial charge in [0.1, 0.15) is 0 Å². The highest BCUT2D eigenvalue weighted by Crippen LogP contribution is 2.39. The highest BCUT2D eigenvalue weighted by molar-refractivity contribution is 6.32. The van der Waals surface area contributed by atoms with Crippen molar-refractivity contribution in [1.29, 1.82) is 0 Å². The van der Waals surface area contributed by atoms with E-state index in [-0.39, 0.29) is 28.7 Å². The first-order chi connectivity index (χ1) is 13.9. The number of hydrogen-bond acceptors (Lipinski definition) is 5. The number of esters is 1. The van der Waals surface area contributed by atoms with E-state index in [0.29, 0.717) is 17.7 Å². The molecule has 1 atom stereocenters. The van der Waals surface area contributed by atoms with Crippen molar-refractivity contribution < 1.29 is 24.2 Å². The number of urea groups is 1. The number of nitrogens with one attached hydrogen (secondary N) is 2. The van der Waals surface area contributed by atoms with Gasteiger partial charge in [0.25, 0.3) is 0 Å². The van der Waals surface area contributed by atoms with Crippen molar-refractivity contribution in [1.82, 2.24) is 10.6 Å². The smallest absolute Gasteiger partial charge is 0.338 e. The van der Waals surface area contributed by atoms with Gasteiger partial charge in [-0.1, -0.05) is 41.9 Å². The summed E-state index contributed by atoms with van der Waals surface area (Å²) in [5, 5.41) is 15.3. The molecule has 0 unspecified atom stereocenters. The molecule has 29 heavy (non-hydrogen) atoms. The molecule has 2 aromatic rings. The molecule has 2 amide bonds. The molecule has 2 aromatic carbocycles. The third-order valence-corrected chi connectivity index (χ3v) is 4.85. The van der Waals surface area contributed by atoms with Gasteiger partial charge in [-0.25, -0.2) is 9.59 Å². The van der Waals surface area contributed by atoms with Gasteiger partial charge in [0.2, 0.25) is 0 Å². The van der Waals surface area contributed by atoms with Gasteiger partial charge >= 0.3 is 12.0 Å². The van der Waals surface area contributed by atoms with Crippen LogP contribution in [0, 0.1) is 0 Å². The summed E-state index contributed by atoms with van der Waals surface area (Å²) in [7, 11) is 1.38. The summed E-state index contributed by atoms with van der Waals surface area (Å²) >= 11 is 6.08. The molecular formula is C21H21ClN2O5. The average Bonchev–Trinajstić information content (AvgIpc) is 2.70. The van der Waals surface area contributed by atoms with Crippen LogP contribution in [-0.4, -0.2) is 30.8 Å². The van der Waals surface area contributed by atoms with Crippen LogP contribution < -0.4 is 15.4 Å². The molecule has 1 heterocycles. The second kappa shape index (κ2) is 8.87. The zero-order chi connectivity index (χ0) is 21.0. The highest BCUT2D eigenvalue weighted by atomic mass is 35.5. The Morgan fingerprint density at radius 3 is 2.66 bits per heavy atom. The number of halogens is 1. The van der Waals surface area contributed by atoms with Crippen molar-refractivity contribution in [3.8, 4) is 11.5 Å². The number of ether oxygens (including phenoxy) is 2.